The number of nitrogens with zero attached hydrogens (tertiary/aromatic N) is 1. The molecule has 0 saturated heterocycles. The normalized spacial score (nSPS) is 11.2. The molecule has 4 nitrogen and oxygen atoms in total. The third-order valence-corrected chi connectivity index (χ3v) is 2.85. The van der Waals surface area contributed by atoms with Gasteiger partial charge in [0.2, 0.25) is 0 Å². The number of allylic oxidation sites excluding steroid dienone is 1. The van der Waals surface area contributed by atoms with Gasteiger partial charge in [-0.15, -0.1) is 0 Å². The molecule has 104 valence electrons. The van der Waals surface area contributed by atoms with Crippen LogP contribution in [0.4, 0.5) is 0 Å². The van der Waals surface area contributed by atoms with Gasteiger partial charge in [-0.05, 0) is 30.2 Å². The smallest absolute Gasteiger partial charge is 0.357 e. The van der Waals surface area contributed by atoms with E-state index >= 15 is 0 Å². The van der Waals surface area contributed by atoms with Crippen LogP contribution in [0.2, 0.25) is 0 Å². The minimum absolute atomic E-state index is 0.314. The van der Waals surface area contributed by atoms with E-state index in [1.807, 2.05) is 42.5 Å². The fraction of sp³-hybridized carbons (Fsp3) is 0.0588. The number of carbonyl (C=O) groups is 1. The summed E-state index contributed by atoms with van der Waals surface area (Å²) in [5.74, 6) is -0.915. The molecule has 0 unspecified atom stereocenters. The molecule has 1 N–H and O–H groups in total. The van der Waals surface area contributed by atoms with Crippen LogP contribution < -0.4 is 4.74 Å². The molecule has 0 fully saturated rings. The first kappa shape index (κ1) is 14.4. The predicted molar refractivity (Wildman–Crippen MR) is 78.5 cm³/mol. The number of esters is 1. The van der Waals surface area contributed by atoms with Crippen LogP contribution in [0.3, 0.4) is 0 Å². The molecule has 0 aliphatic carbocycles. The Morgan fingerprint density at radius 3 is 2.14 bits per heavy atom. The van der Waals surface area contributed by atoms with E-state index < -0.39 is 11.5 Å². The summed E-state index contributed by atoms with van der Waals surface area (Å²) in [6, 6.07) is 18.3. The van der Waals surface area contributed by atoms with Crippen molar-refractivity contribution in [1.29, 1.82) is 5.26 Å². The molecule has 0 amide bonds. The van der Waals surface area contributed by atoms with Gasteiger partial charge in [-0.1, -0.05) is 42.5 Å². The van der Waals surface area contributed by atoms with Crippen LogP contribution in [0.5, 0.6) is 5.75 Å². The van der Waals surface area contributed by atoms with Crippen LogP contribution in [0.15, 0.2) is 65.9 Å². The second kappa shape index (κ2) is 6.40. The molecule has 0 heterocycles. The number of rotatable bonds is 3. The summed E-state index contributed by atoms with van der Waals surface area (Å²) in [5, 5.41) is 18.0. The van der Waals surface area contributed by atoms with Gasteiger partial charge in [-0.2, -0.15) is 5.26 Å². The number of hydrogen-bond acceptors (Lipinski definition) is 4. The van der Waals surface area contributed by atoms with Gasteiger partial charge in [-0.25, -0.2) is 4.79 Å². The Hall–Kier alpha value is -3.06. The van der Waals surface area contributed by atoms with Crippen molar-refractivity contribution in [3.05, 3.63) is 65.9 Å². The lowest BCUT2D eigenvalue weighted by atomic mass is 10.1. The third-order valence-electron chi connectivity index (χ3n) is 2.85. The zero-order valence-corrected chi connectivity index (χ0v) is 11.4. The fourth-order valence-electron chi connectivity index (χ4n) is 1.78. The van der Waals surface area contributed by atoms with Crippen LogP contribution in [-0.4, -0.2) is 11.1 Å². The van der Waals surface area contributed by atoms with E-state index in [9.17, 15) is 9.90 Å². The molecular weight excluding hydrogens is 266 g/mol. The molecule has 4 heteroatoms. The lowest BCUT2D eigenvalue weighted by molar-refractivity contribution is -0.129. The van der Waals surface area contributed by atoms with Gasteiger partial charge in [0.25, 0.3) is 0 Å². The van der Waals surface area contributed by atoms with Crippen molar-refractivity contribution in [2.75, 3.05) is 0 Å². The molecule has 0 bridgehead atoms. The highest BCUT2D eigenvalue weighted by Crippen LogP contribution is 2.22. The van der Waals surface area contributed by atoms with E-state index in [4.69, 9.17) is 10.00 Å². The van der Waals surface area contributed by atoms with E-state index in [1.165, 1.54) is 6.92 Å². The quantitative estimate of drug-likeness (QED) is 0.306. The summed E-state index contributed by atoms with van der Waals surface area (Å²) in [6.07, 6.45) is 0. The van der Waals surface area contributed by atoms with Crippen molar-refractivity contribution >= 4 is 5.97 Å². The second-order valence-corrected chi connectivity index (χ2v) is 4.35. The van der Waals surface area contributed by atoms with E-state index in [0.717, 1.165) is 11.1 Å². The first-order chi connectivity index (χ1) is 10.1. The largest absolute Gasteiger partial charge is 0.511 e. The summed E-state index contributed by atoms with van der Waals surface area (Å²) in [4.78, 5) is 11.7. The van der Waals surface area contributed by atoms with Crippen molar-refractivity contribution in [2.24, 2.45) is 0 Å². The number of benzene rings is 2. The molecule has 2 aromatic rings. The molecule has 0 spiro atoms. The highest BCUT2D eigenvalue weighted by atomic mass is 16.5. The van der Waals surface area contributed by atoms with Gasteiger partial charge in [0, 0.05) is 0 Å². The number of carbonyl (C=O) groups excluding carboxylic acids is 1. The van der Waals surface area contributed by atoms with Crippen LogP contribution in [0.1, 0.15) is 6.92 Å². The summed E-state index contributed by atoms with van der Waals surface area (Å²) in [5.41, 5.74) is 1.64. The number of nitriles is 1. The van der Waals surface area contributed by atoms with Gasteiger partial charge in [0.1, 0.15) is 17.6 Å². The van der Waals surface area contributed by atoms with Gasteiger partial charge in [0.15, 0.2) is 5.57 Å². The molecule has 0 atom stereocenters. The average molecular weight is 279 g/mol. The highest BCUT2D eigenvalue weighted by Gasteiger charge is 2.15. The molecule has 2 rings (SSSR count). The molecule has 2 aromatic carbocycles. The van der Waals surface area contributed by atoms with Crippen LogP contribution in [0, 0.1) is 11.3 Å². The maximum absolute atomic E-state index is 11.7. The second-order valence-electron chi connectivity index (χ2n) is 4.35. The Labute approximate surface area is 122 Å². The van der Waals surface area contributed by atoms with E-state index in [-0.39, 0.29) is 5.76 Å². The van der Waals surface area contributed by atoms with Crippen molar-refractivity contribution in [3.63, 3.8) is 0 Å². The Morgan fingerprint density at radius 1 is 1.05 bits per heavy atom. The van der Waals surface area contributed by atoms with Crippen molar-refractivity contribution in [1.82, 2.24) is 0 Å². The topological polar surface area (TPSA) is 70.3 Å². The summed E-state index contributed by atoms with van der Waals surface area (Å²) < 4.78 is 5.04. The van der Waals surface area contributed by atoms with Crippen molar-refractivity contribution < 1.29 is 14.6 Å². The van der Waals surface area contributed by atoms with Crippen LogP contribution in [0.25, 0.3) is 11.1 Å². The monoisotopic (exact) mass is 279 g/mol. The number of aliphatic hydroxyl groups is 1. The predicted octanol–water partition coefficient (Wildman–Crippen LogP) is 3.61. The first-order valence-electron chi connectivity index (χ1n) is 6.29. The lowest BCUT2D eigenvalue weighted by Gasteiger charge is -2.05. The molecule has 0 aliphatic heterocycles. The Kier molecular flexibility index (Phi) is 4.37. The van der Waals surface area contributed by atoms with E-state index in [1.54, 1.807) is 18.2 Å². The molecule has 0 saturated carbocycles. The molecule has 0 aromatic heterocycles. The Bertz CT molecular complexity index is 706. The Morgan fingerprint density at radius 2 is 1.62 bits per heavy atom. The first-order valence-corrected chi connectivity index (χ1v) is 6.29. The minimum Gasteiger partial charge on any atom is -0.511 e. The summed E-state index contributed by atoms with van der Waals surface area (Å²) in [7, 11) is 0. The third kappa shape index (κ3) is 3.48. The zero-order valence-electron chi connectivity index (χ0n) is 11.4. The van der Waals surface area contributed by atoms with Crippen LogP contribution >= 0.6 is 0 Å². The summed E-state index contributed by atoms with van der Waals surface area (Å²) >= 11 is 0. The maximum atomic E-state index is 11.7. The molecular formula is C17H13NO3. The fourth-order valence-corrected chi connectivity index (χ4v) is 1.78. The van der Waals surface area contributed by atoms with Crippen molar-refractivity contribution in [2.45, 2.75) is 6.92 Å². The molecule has 21 heavy (non-hydrogen) atoms. The van der Waals surface area contributed by atoms with Gasteiger partial charge < -0.3 is 9.84 Å². The number of hydrogen-bond donors (Lipinski definition) is 1. The van der Waals surface area contributed by atoms with E-state index in [0.29, 0.717) is 5.75 Å². The van der Waals surface area contributed by atoms with Gasteiger partial charge >= 0.3 is 5.97 Å². The van der Waals surface area contributed by atoms with Gasteiger partial charge in [0.05, 0.1) is 0 Å². The zero-order chi connectivity index (χ0) is 15.2. The van der Waals surface area contributed by atoms with Crippen LogP contribution in [-0.2, 0) is 4.79 Å². The average Bonchev–Trinajstić information content (AvgIpc) is 2.49. The SMILES string of the molecule is C/C(O)=C(/C#N)C(=O)Oc1ccc(-c2ccccc2)cc1. The number of ether oxygens (including phenoxy) is 1. The number of aliphatic hydroxyl groups excluding tert-OH is 1. The standard InChI is InChI=1S/C17H13NO3/c1-12(19)16(11-18)17(20)21-15-9-7-14(8-10-15)13-5-3-2-4-6-13/h2-10,19H,1H3/b16-12+. The molecule has 0 radical (unpaired) electrons. The van der Waals surface area contributed by atoms with E-state index in [2.05, 4.69) is 0 Å². The minimum atomic E-state index is -0.870. The maximum Gasteiger partial charge on any atom is 0.357 e. The van der Waals surface area contributed by atoms with Crippen molar-refractivity contribution in [3.8, 4) is 22.9 Å². The highest BCUT2D eigenvalue weighted by molar-refractivity contribution is 5.94. The molecule has 0 aliphatic rings. The Balaban J connectivity index is 2.16. The lowest BCUT2D eigenvalue weighted by Crippen LogP contribution is -2.11. The summed E-state index contributed by atoms with van der Waals surface area (Å²) in [6.45, 7) is 1.26. The van der Waals surface area contributed by atoms with Gasteiger partial charge in [-0.3, -0.25) is 0 Å².